The number of carboxylic acids is 1. The van der Waals surface area contributed by atoms with Gasteiger partial charge in [-0.1, -0.05) is 32.4 Å². The lowest BCUT2D eigenvalue weighted by Gasteiger charge is -2.26. The van der Waals surface area contributed by atoms with Crippen LogP contribution in [0.3, 0.4) is 0 Å². The molecule has 0 aliphatic rings. The highest BCUT2D eigenvalue weighted by Gasteiger charge is 2.31. The summed E-state index contributed by atoms with van der Waals surface area (Å²) in [5.41, 5.74) is 4.80. The van der Waals surface area contributed by atoms with Crippen LogP contribution in [0.5, 0.6) is 11.5 Å². The molecule has 0 saturated heterocycles. The first-order chi connectivity index (χ1) is 19.4. The summed E-state index contributed by atoms with van der Waals surface area (Å²) in [6.07, 6.45) is -3.97. The largest absolute Gasteiger partial charge is 0.573 e. The summed E-state index contributed by atoms with van der Waals surface area (Å²) < 4.78 is 47.7. The number of aliphatic carboxylic acids is 1. The van der Waals surface area contributed by atoms with Crippen molar-refractivity contribution in [3.05, 3.63) is 77.4 Å². The van der Waals surface area contributed by atoms with Gasteiger partial charge in [-0.2, -0.15) is 0 Å². The van der Waals surface area contributed by atoms with E-state index in [1.54, 1.807) is 36.4 Å². The van der Waals surface area contributed by atoms with Crippen LogP contribution in [-0.4, -0.2) is 42.5 Å². The first-order valence-electron chi connectivity index (χ1n) is 13.3. The van der Waals surface area contributed by atoms with Gasteiger partial charge < -0.3 is 25.2 Å². The zero-order valence-corrected chi connectivity index (χ0v) is 23.5. The molecular formula is C31H35F3N2O5. The quantitative estimate of drug-likeness (QED) is 0.205. The second kappa shape index (κ2) is 13.9. The van der Waals surface area contributed by atoms with Crippen LogP contribution in [0.15, 0.2) is 60.7 Å². The SMILES string of the molecule is CCC(C)C(COc1cc(C)c(-c2ccc(OC(F)(F)F)cc2)c(C)c1)Nc1ccc(C(=O)NCCC(=O)O)cc1. The maximum Gasteiger partial charge on any atom is 0.573 e. The minimum Gasteiger partial charge on any atom is -0.491 e. The molecule has 220 valence electrons. The van der Waals surface area contributed by atoms with E-state index < -0.39 is 12.3 Å². The average molecular weight is 573 g/mol. The van der Waals surface area contributed by atoms with Crippen molar-refractivity contribution < 1.29 is 37.3 Å². The number of aryl methyl sites for hydroxylation is 2. The molecule has 0 radical (unpaired) electrons. The molecule has 0 bridgehead atoms. The van der Waals surface area contributed by atoms with Crippen LogP contribution < -0.4 is 20.1 Å². The predicted octanol–water partition coefficient (Wildman–Crippen LogP) is 6.98. The van der Waals surface area contributed by atoms with Gasteiger partial charge in [0.05, 0.1) is 12.5 Å². The second-order valence-corrected chi connectivity index (χ2v) is 9.93. The number of carboxylic acid groups (broad SMARTS) is 1. The molecule has 3 N–H and O–H groups in total. The van der Waals surface area contributed by atoms with Gasteiger partial charge in [0, 0.05) is 17.8 Å². The first-order valence-corrected chi connectivity index (χ1v) is 13.3. The molecule has 0 aromatic heterocycles. The molecule has 10 heteroatoms. The maximum atomic E-state index is 12.5. The summed E-state index contributed by atoms with van der Waals surface area (Å²) in [6, 6.07) is 16.6. The molecule has 7 nitrogen and oxygen atoms in total. The van der Waals surface area contributed by atoms with E-state index in [4.69, 9.17) is 9.84 Å². The number of ether oxygens (including phenoxy) is 2. The van der Waals surface area contributed by atoms with Gasteiger partial charge >= 0.3 is 12.3 Å². The van der Waals surface area contributed by atoms with Gasteiger partial charge in [-0.05, 0) is 90.6 Å². The fraction of sp³-hybridized carbons (Fsp3) is 0.355. The monoisotopic (exact) mass is 572 g/mol. The molecule has 2 atom stereocenters. The Balaban J connectivity index is 1.66. The van der Waals surface area contributed by atoms with E-state index >= 15 is 0 Å². The van der Waals surface area contributed by atoms with E-state index in [0.29, 0.717) is 17.9 Å². The van der Waals surface area contributed by atoms with Gasteiger partial charge in [0.25, 0.3) is 5.91 Å². The molecule has 0 heterocycles. The fourth-order valence-electron chi connectivity index (χ4n) is 4.42. The fourth-order valence-corrected chi connectivity index (χ4v) is 4.42. The van der Waals surface area contributed by atoms with Crippen molar-refractivity contribution in [1.82, 2.24) is 5.32 Å². The second-order valence-electron chi connectivity index (χ2n) is 9.93. The minimum atomic E-state index is -4.74. The highest BCUT2D eigenvalue weighted by atomic mass is 19.4. The zero-order valence-electron chi connectivity index (χ0n) is 23.5. The maximum absolute atomic E-state index is 12.5. The first kappa shape index (κ1) is 31.3. The third kappa shape index (κ3) is 9.44. The summed E-state index contributed by atoms with van der Waals surface area (Å²) in [6.45, 7) is 8.52. The molecule has 2 unspecified atom stereocenters. The Bertz CT molecular complexity index is 1300. The summed E-state index contributed by atoms with van der Waals surface area (Å²) in [5, 5.41) is 14.8. The lowest BCUT2D eigenvalue weighted by Crippen LogP contribution is -2.33. The Morgan fingerprint density at radius 3 is 2.10 bits per heavy atom. The third-order valence-corrected chi connectivity index (χ3v) is 6.77. The van der Waals surface area contributed by atoms with E-state index in [-0.39, 0.29) is 36.6 Å². The number of carbonyl (C=O) groups is 2. The third-order valence-electron chi connectivity index (χ3n) is 6.77. The van der Waals surface area contributed by atoms with E-state index in [1.807, 2.05) is 26.0 Å². The van der Waals surface area contributed by atoms with Crippen molar-refractivity contribution in [1.29, 1.82) is 0 Å². The van der Waals surface area contributed by atoms with Gasteiger partial charge in [-0.3, -0.25) is 9.59 Å². The van der Waals surface area contributed by atoms with Crippen LogP contribution in [-0.2, 0) is 4.79 Å². The number of amides is 1. The Kier molecular flexibility index (Phi) is 10.6. The number of carbonyl (C=O) groups excluding carboxylic acids is 1. The normalized spacial score (nSPS) is 12.8. The number of benzene rings is 3. The molecular weight excluding hydrogens is 537 g/mol. The summed E-state index contributed by atoms with van der Waals surface area (Å²) >= 11 is 0. The van der Waals surface area contributed by atoms with E-state index in [1.165, 1.54) is 12.1 Å². The molecule has 0 spiro atoms. The molecule has 0 aliphatic heterocycles. The number of alkyl halides is 3. The van der Waals surface area contributed by atoms with Crippen molar-refractivity contribution in [3.8, 4) is 22.6 Å². The number of halogens is 3. The summed E-state index contributed by atoms with van der Waals surface area (Å²) in [5.74, 6) is -0.622. The van der Waals surface area contributed by atoms with Crippen LogP contribution in [0, 0.1) is 19.8 Å². The molecule has 1 amide bonds. The van der Waals surface area contributed by atoms with Crippen LogP contribution in [0.1, 0.15) is 48.2 Å². The number of hydrogen-bond acceptors (Lipinski definition) is 5. The lowest BCUT2D eigenvalue weighted by molar-refractivity contribution is -0.274. The Hall–Kier alpha value is -4.21. The predicted molar refractivity (Wildman–Crippen MR) is 151 cm³/mol. The number of rotatable bonds is 13. The van der Waals surface area contributed by atoms with Crippen molar-refractivity contribution in [3.63, 3.8) is 0 Å². The van der Waals surface area contributed by atoms with E-state index in [9.17, 15) is 22.8 Å². The highest BCUT2D eigenvalue weighted by Crippen LogP contribution is 2.33. The Labute approximate surface area is 237 Å². The van der Waals surface area contributed by atoms with Crippen molar-refractivity contribution in [2.45, 2.75) is 52.9 Å². The van der Waals surface area contributed by atoms with Gasteiger partial charge in [-0.25, -0.2) is 0 Å². The van der Waals surface area contributed by atoms with Crippen LogP contribution in [0.4, 0.5) is 18.9 Å². The van der Waals surface area contributed by atoms with Crippen LogP contribution in [0.2, 0.25) is 0 Å². The Morgan fingerprint density at radius 2 is 1.56 bits per heavy atom. The van der Waals surface area contributed by atoms with Gasteiger partial charge in [0.1, 0.15) is 18.1 Å². The van der Waals surface area contributed by atoms with Crippen LogP contribution >= 0.6 is 0 Å². The van der Waals surface area contributed by atoms with Crippen LogP contribution in [0.25, 0.3) is 11.1 Å². The van der Waals surface area contributed by atoms with Gasteiger partial charge in [0.2, 0.25) is 0 Å². The molecule has 3 aromatic rings. The summed E-state index contributed by atoms with van der Waals surface area (Å²) in [7, 11) is 0. The highest BCUT2D eigenvalue weighted by molar-refractivity contribution is 5.94. The minimum absolute atomic E-state index is 0.0308. The molecule has 0 saturated carbocycles. The smallest absolute Gasteiger partial charge is 0.491 e. The standard InChI is InChI=1S/C31H35F3N2O5/c1-5-19(2)27(36-24-10-6-23(7-11-24)30(39)35-15-14-28(37)38)18-40-26-16-20(3)29(21(4)17-26)22-8-12-25(13-9-22)41-31(32,33)34/h6-13,16-17,19,27,36H,5,14-15,18H2,1-4H3,(H,35,39)(H,37,38). The van der Waals surface area contributed by atoms with Crippen molar-refractivity contribution >= 4 is 17.6 Å². The number of nitrogens with one attached hydrogen (secondary N) is 2. The summed E-state index contributed by atoms with van der Waals surface area (Å²) in [4.78, 5) is 22.9. The van der Waals surface area contributed by atoms with E-state index in [2.05, 4.69) is 29.2 Å². The molecule has 3 rings (SSSR count). The topological polar surface area (TPSA) is 96.9 Å². The molecule has 3 aromatic carbocycles. The van der Waals surface area contributed by atoms with E-state index in [0.717, 1.165) is 34.4 Å². The van der Waals surface area contributed by atoms with Gasteiger partial charge in [0.15, 0.2) is 0 Å². The average Bonchev–Trinajstić information content (AvgIpc) is 2.90. The molecule has 0 aliphatic carbocycles. The van der Waals surface area contributed by atoms with Gasteiger partial charge in [-0.15, -0.1) is 13.2 Å². The van der Waals surface area contributed by atoms with Crippen molar-refractivity contribution in [2.75, 3.05) is 18.5 Å². The lowest BCUT2D eigenvalue weighted by atomic mass is 9.95. The number of hydrogen-bond donors (Lipinski definition) is 3. The van der Waals surface area contributed by atoms with Crippen molar-refractivity contribution in [2.24, 2.45) is 5.92 Å². The Morgan fingerprint density at radius 1 is 0.951 bits per heavy atom. The number of anilines is 1. The zero-order chi connectivity index (χ0) is 30.2. The molecule has 41 heavy (non-hydrogen) atoms. The molecule has 0 fully saturated rings.